The van der Waals surface area contributed by atoms with Crippen LogP contribution in [0, 0.1) is 30.1 Å². The Hall–Kier alpha value is -0.830. The van der Waals surface area contributed by atoms with Crippen molar-refractivity contribution >= 4 is 0 Å². The predicted octanol–water partition coefficient (Wildman–Crippen LogP) is 3.79. The van der Waals surface area contributed by atoms with E-state index in [1.54, 1.807) is 0 Å². The molecule has 21 heavy (non-hydrogen) atoms. The summed E-state index contributed by atoms with van der Waals surface area (Å²) in [5.74, 6) is 2.22. The van der Waals surface area contributed by atoms with E-state index in [1.165, 1.54) is 25.0 Å². The van der Waals surface area contributed by atoms with E-state index in [4.69, 9.17) is 5.73 Å². The van der Waals surface area contributed by atoms with Crippen LogP contribution >= 0.6 is 0 Å². The quantitative estimate of drug-likeness (QED) is 0.917. The third kappa shape index (κ3) is 3.88. The lowest BCUT2D eigenvalue weighted by Gasteiger charge is -2.41. The first-order valence-corrected chi connectivity index (χ1v) is 8.58. The summed E-state index contributed by atoms with van der Waals surface area (Å²) in [6.45, 7) is 13.2. The van der Waals surface area contributed by atoms with Crippen LogP contribution in [0.4, 0.5) is 0 Å². The van der Waals surface area contributed by atoms with E-state index in [9.17, 15) is 0 Å². The lowest BCUT2D eigenvalue weighted by Crippen LogP contribution is -2.36. The number of rotatable bonds is 4. The van der Waals surface area contributed by atoms with Crippen molar-refractivity contribution in [1.29, 1.82) is 0 Å². The maximum atomic E-state index is 6.06. The van der Waals surface area contributed by atoms with Crippen LogP contribution < -0.4 is 5.73 Å². The van der Waals surface area contributed by atoms with Crippen molar-refractivity contribution in [2.45, 2.75) is 66.8 Å². The smallest absolute Gasteiger partial charge is 0.0596 e. The largest absolute Gasteiger partial charge is 0.330 e. The molecule has 3 atom stereocenters. The van der Waals surface area contributed by atoms with E-state index in [0.29, 0.717) is 11.3 Å². The fourth-order valence-electron chi connectivity index (χ4n) is 3.98. The van der Waals surface area contributed by atoms with Gasteiger partial charge >= 0.3 is 0 Å². The summed E-state index contributed by atoms with van der Waals surface area (Å²) in [4.78, 5) is 0. The molecule has 0 aromatic carbocycles. The van der Waals surface area contributed by atoms with Crippen LogP contribution in [-0.4, -0.2) is 16.3 Å². The third-order valence-electron chi connectivity index (χ3n) is 5.42. The van der Waals surface area contributed by atoms with Gasteiger partial charge in [0.2, 0.25) is 0 Å². The maximum absolute atomic E-state index is 6.06. The van der Waals surface area contributed by atoms with Crippen molar-refractivity contribution in [2.24, 2.45) is 28.9 Å². The molecule has 3 nitrogen and oxygen atoms in total. The molecule has 0 aliphatic heterocycles. The molecule has 1 aromatic rings. The summed E-state index contributed by atoms with van der Waals surface area (Å²) in [5.41, 5.74) is 9.01. The van der Waals surface area contributed by atoms with Crippen molar-refractivity contribution in [3.8, 4) is 0 Å². The van der Waals surface area contributed by atoms with Gasteiger partial charge in [0.25, 0.3) is 0 Å². The molecule has 1 aliphatic carbocycles. The first-order chi connectivity index (χ1) is 9.85. The Morgan fingerprint density at radius 1 is 1.29 bits per heavy atom. The van der Waals surface area contributed by atoms with Gasteiger partial charge < -0.3 is 5.73 Å². The van der Waals surface area contributed by atoms with Crippen LogP contribution in [0.1, 0.15) is 58.3 Å². The molecule has 0 spiro atoms. The molecule has 3 heteroatoms. The van der Waals surface area contributed by atoms with Gasteiger partial charge in [0.05, 0.1) is 5.69 Å². The number of hydrogen-bond donors (Lipinski definition) is 1. The summed E-state index contributed by atoms with van der Waals surface area (Å²) in [6, 6.07) is 2.26. The van der Waals surface area contributed by atoms with E-state index in [1.807, 2.05) is 0 Å². The zero-order chi connectivity index (χ0) is 15.6. The molecule has 1 heterocycles. The standard InChI is InChI=1S/C18H33N3/c1-6-21-17(9-13(2)20-21)11-15-10-16(18(3,4)5)8-7-14(15)12-19/h9,14-16H,6-8,10-12,19H2,1-5H3. The predicted molar refractivity (Wildman–Crippen MR) is 89.2 cm³/mol. The van der Waals surface area contributed by atoms with Gasteiger partial charge in [-0.3, -0.25) is 4.68 Å². The normalized spacial score (nSPS) is 27.0. The first kappa shape index (κ1) is 16.5. The molecule has 1 saturated carbocycles. The fraction of sp³-hybridized carbons (Fsp3) is 0.833. The fourth-order valence-corrected chi connectivity index (χ4v) is 3.98. The number of nitrogens with two attached hydrogens (primary N) is 1. The Kier molecular flexibility index (Phi) is 5.13. The lowest BCUT2D eigenvalue weighted by molar-refractivity contribution is 0.1000. The van der Waals surface area contributed by atoms with Gasteiger partial charge in [-0.2, -0.15) is 5.10 Å². The van der Waals surface area contributed by atoms with Gasteiger partial charge in [0, 0.05) is 12.2 Å². The van der Waals surface area contributed by atoms with Crippen LogP contribution in [0.3, 0.4) is 0 Å². The molecule has 0 amide bonds. The number of hydrogen-bond acceptors (Lipinski definition) is 2. The molecular formula is C18H33N3. The molecule has 0 saturated heterocycles. The molecule has 1 aromatic heterocycles. The summed E-state index contributed by atoms with van der Waals surface area (Å²) < 4.78 is 2.17. The minimum Gasteiger partial charge on any atom is -0.330 e. The average Bonchev–Trinajstić information content (AvgIpc) is 2.77. The molecule has 0 radical (unpaired) electrons. The van der Waals surface area contributed by atoms with Gasteiger partial charge in [-0.05, 0) is 75.3 Å². The Morgan fingerprint density at radius 3 is 2.57 bits per heavy atom. The number of aromatic nitrogens is 2. The van der Waals surface area contributed by atoms with E-state index >= 15 is 0 Å². The average molecular weight is 291 g/mol. The van der Waals surface area contributed by atoms with Crippen LogP contribution in [0.15, 0.2) is 6.07 Å². The van der Waals surface area contributed by atoms with Crippen molar-refractivity contribution < 1.29 is 0 Å². The second-order valence-corrected chi connectivity index (χ2v) is 7.93. The van der Waals surface area contributed by atoms with E-state index in [-0.39, 0.29) is 0 Å². The molecule has 2 N–H and O–H groups in total. The molecule has 120 valence electrons. The van der Waals surface area contributed by atoms with Gasteiger partial charge in [-0.15, -0.1) is 0 Å². The Balaban J connectivity index is 2.14. The first-order valence-electron chi connectivity index (χ1n) is 8.58. The maximum Gasteiger partial charge on any atom is 0.0596 e. The van der Waals surface area contributed by atoms with E-state index in [2.05, 4.69) is 50.5 Å². The van der Waals surface area contributed by atoms with Crippen molar-refractivity contribution in [3.05, 3.63) is 17.5 Å². The van der Waals surface area contributed by atoms with Gasteiger partial charge in [0.15, 0.2) is 0 Å². The van der Waals surface area contributed by atoms with Crippen LogP contribution in [0.25, 0.3) is 0 Å². The zero-order valence-electron chi connectivity index (χ0n) is 14.5. The topological polar surface area (TPSA) is 43.8 Å². The third-order valence-corrected chi connectivity index (χ3v) is 5.42. The zero-order valence-corrected chi connectivity index (χ0v) is 14.5. The second kappa shape index (κ2) is 6.51. The molecule has 2 rings (SSSR count). The van der Waals surface area contributed by atoms with E-state index in [0.717, 1.165) is 37.0 Å². The highest BCUT2D eigenvalue weighted by atomic mass is 15.3. The van der Waals surface area contributed by atoms with Crippen molar-refractivity contribution in [3.63, 3.8) is 0 Å². The Labute approximate surface area is 130 Å². The summed E-state index contributed by atoms with van der Waals surface area (Å²) >= 11 is 0. The number of nitrogens with zero attached hydrogens (tertiary/aromatic N) is 2. The van der Waals surface area contributed by atoms with Crippen molar-refractivity contribution in [1.82, 2.24) is 9.78 Å². The Morgan fingerprint density at radius 2 is 2.00 bits per heavy atom. The molecular weight excluding hydrogens is 258 g/mol. The molecule has 3 unspecified atom stereocenters. The monoisotopic (exact) mass is 291 g/mol. The number of aryl methyl sites for hydroxylation is 2. The van der Waals surface area contributed by atoms with Gasteiger partial charge in [0.1, 0.15) is 0 Å². The molecule has 0 bridgehead atoms. The minimum atomic E-state index is 0.415. The molecule has 1 aliphatic rings. The summed E-state index contributed by atoms with van der Waals surface area (Å²) in [6.07, 6.45) is 5.10. The SMILES string of the molecule is CCn1nc(C)cc1CC1CC(C(C)(C)C)CCC1CN. The lowest BCUT2D eigenvalue weighted by atomic mass is 9.64. The van der Waals surface area contributed by atoms with Gasteiger partial charge in [-0.1, -0.05) is 20.8 Å². The Bertz CT molecular complexity index is 456. The van der Waals surface area contributed by atoms with Crippen LogP contribution in [0.2, 0.25) is 0 Å². The van der Waals surface area contributed by atoms with Crippen molar-refractivity contribution in [2.75, 3.05) is 6.54 Å². The minimum absolute atomic E-state index is 0.415. The highest BCUT2D eigenvalue weighted by Crippen LogP contribution is 2.43. The van der Waals surface area contributed by atoms with Gasteiger partial charge in [-0.25, -0.2) is 0 Å². The highest BCUT2D eigenvalue weighted by Gasteiger charge is 2.35. The second-order valence-electron chi connectivity index (χ2n) is 7.93. The summed E-state index contributed by atoms with van der Waals surface area (Å²) in [7, 11) is 0. The van der Waals surface area contributed by atoms with Crippen LogP contribution in [0.5, 0.6) is 0 Å². The van der Waals surface area contributed by atoms with E-state index < -0.39 is 0 Å². The van der Waals surface area contributed by atoms with Crippen LogP contribution in [-0.2, 0) is 13.0 Å². The summed E-state index contributed by atoms with van der Waals surface area (Å²) in [5, 5.41) is 4.60. The highest BCUT2D eigenvalue weighted by molar-refractivity contribution is 5.10. The molecule has 1 fully saturated rings.